The van der Waals surface area contributed by atoms with Gasteiger partial charge >= 0.3 is 0 Å². The van der Waals surface area contributed by atoms with Gasteiger partial charge in [0.1, 0.15) is 5.82 Å². The standard InChI is InChI=1S/C16H26N4/c1-11-15(20-9-7-14(17)8-10-20)12(2)19-16(18-11)13-5-3-4-6-13/h13-14H,3-10,17H2,1-2H3. The molecule has 4 nitrogen and oxygen atoms in total. The Labute approximate surface area is 121 Å². The van der Waals surface area contributed by atoms with Gasteiger partial charge in [0.25, 0.3) is 0 Å². The quantitative estimate of drug-likeness (QED) is 0.901. The van der Waals surface area contributed by atoms with Crippen LogP contribution in [0.4, 0.5) is 5.69 Å². The van der Waals surface area contributed by atoms with E-state index < -0.39 is 0 Å². The minimum absolute atomic E-state index is 0.366. The zero-order chi connectivity index (χ0) is 14.1. The fourth-order valence-electron chi connectivity index (χ4n) is 3.68. The van der Waals surface area contributed by atoms with Gasteiger partial charge in [-0.3, -0.25) is 0 Å². The molecule has 0 radical (unpaired) electrons. The number of hydrogen-bond acceptors (Lipinski definition) is 4. The van der Waals surface area contributed by atoms with Crippen molar-refractivity contribution >= 4 is 5.69 Å². The smallest absolute Gasteiger partial charge is 0.132 e. The first-order valence-corrected chi connectivity index (χ1v) is 8.01. The SMILES string of the molecule is Cc1nc(C2CCCC2)nc(C)c1N1CCC(N)CC1. The summed E-state index contributed by atoms with van der Waals surface area (Å²) in [5, 5.41) is 0. The third-order valence-electron chi connectivity index (χ3n) is 4.83. The van der Waals surface area contributed by atoms with E-state index >= 15 is 0 Å². The van der Waals surface area contributed by atoms with Crippen molar-refractivity contribution in [2.45, 2.75) is 64.3 Å². The third-order valence-corrected chi connectivity index (χ3v) is 4.83. The average Bonchev–Trinajstić information content (AvgIpc) is 2.94. The van der Waals surface area contributed by atoms with Crippen LogP contribution in [0.15, 0.2) is 0 Å². The lowest BCUT2D eigenvalue weighted by molar-refractivity contribution is 0.498. The van der Waals surface area contributed by atoms with Crippen LogP contribution in [0.5, 0.6) is 0 Å². The van der Waals surface area contributed by atoms with Crippen molar-refractivity contribution in [2.75, 3.05) is 18.0 Å². The molecule has 4 heteroatoms. The lowest BCUT2D eigenvalue weighted by Gasteiger charge is -2.33. The van der Waals surface area contributed by atoms with Gasteiger partial charge in [0.2, 0.25) is 0 Å². The molecule has 2 N–H and O–H groups in total. The highest BCUT2D eigenvalue weighted by molar-refractivity contribution is 5.54. The van der Waals surface area contributed by atoms with Crippen LogP contribution >= 0.6 is 0 Å². The summed E-state index contributed by atoms with van der Waals surface area (Å²) in [5.74, 6) is 1.67. The largest absolute Gasteiger partial charge is 0.368 e. The molecule has 0 aromatic carbocycles. The minimum atomic E-state index is 0.366. The van der Waals surface area contributed by atoms with Gasteiger partial charge in [0, 0.05) is 25.0 Å². The van der Waals surface area contributed by atoms with Crippen molar-refractivity contribution < 1.29 is 0 Å². The molecule has 3 rings (SSSR count). The van der Waals surface area contributed by atoms with Crippen molar-refractivity contribution in [3.8, 4) is 0 Å². The van der Waals surface area contributed by atoms with Crippen LogP contribution in [0.3, 0.4) is 0 Å². The van der Waals surface area contributed by atoms with Crippen LogP contribution < -0.4 is 10.6 Å². The van der Waals surface area contributed by atoms with E-state index in [1.54, 1.807) is 0 Å². The van der Waals surface area contributed by atoms with Gasteiger partial charge < -0.3 is 10.6 Å². The highest BCUT2D eigenvalue weighted by Gasteiger charge is 2.24. The normalized spacial score (nSPS) is 21.6. The highest BCUT2D eigenvalue weighted by Crippen LogP contribution is 2.34. The molecule has 20 heavy (non-hydrogen) atoms. The van der Waals surface area contributed by atoms with Gasteiger partial charge in [0.15, 0.2) is 0 Å². The third kappa shape index (κ3) is 2.66. The van der Waals surface area contributed by atoms with Gasteiger partial charge in [-0.25, -0.2) is 9.97 Å². The number of nitrogens with zero attached hydrogens (tertiary/aromatic N) is 3. The van der Waals surface area contributed by atoms with E-state index in [1.807, 2.05) is 0 Å². The Bertz CT molecular complexity index is 448. The fraction of sp³-hybridized carbons (Fsp3) is 0.750. The maximum atomic E-state index is 6.00. The number of rotatable bonds is 2. The second kappa shape index (κ2) is 5.68. The van der Waals surface area contributed by atoms with E-state index in [2.05, 4.69) is 18.7 Å². The Hall–Kier alpha value is -1.16. The van der Waals surface area contributed by atoms with Gasteiger partial charge in [0.05, 0.1) is 17.1 Å². The predicted octanol–water partition coefficient (Wildman–Crippen LogP) is 2.68. The maximum Gasteiger partial charge on any atom is 0.132 e. The van der Waals surface area contributed by atoms with Crippen molar-refractivity contribution in [1.29, 1.82) is 0 Å². The number of piperidine rings is 1. The summed E-state index contributed by atoms with van der Waals surface area (Å²) in [6, 6.07) is 0.366. The van der Waals surface area contributed by atoms with E-state index in [-0.39, 0.29) is 0 Å². The Balaban J connectivity index is 1.84. The summed E-state index contributed by atoms with van der Waals surface area (Å²) >= 11 is 0. The average molecular weight is 274 g/mol. The molecule has 110 valence electrons. The van der Waals surface area contributed by atoms with Gasteiger partial charge in [-0.1, -0.05) is 12.8 Å². The van der Waals surface area contributed by atoms with Gasteiger partial charge in [-0.05, 0) is 39.5 Å². The van der Waals surface area contributed by atoms with Crippen molar-refractivity contribution in [1.82, 2.24) is 9.97 Å². The molecule has 0 bridgehead atoms. The molecule has 0 amide bonds. The molecule has 2 heterocycles. The molecule has 2 aliphatic rings. The van der Waals surface area contributed by atoms with Crippen LogP contribution in [0.2, 0.25) is 0 Å². The Kier molecular flexibility index (Phi) is 3.92. The number of anilines is 1. The van der Waals surface area contributed by atoms with E-state index in [9.17, 15) is 0 Å². The molecule has 0 unspecified atom stereocenters. The predicted molar refractivity (Wildman–Crippen MR) is 82.1 cm³/mol. The van der Waals surface area contributed by atoms with E-state index in [0.29, 0.717) is 12.0 Å². The molecule has 1 aromatic heterocycles. The van der Waals surface area contributed by atoms with Crippen molar-refractivity contribution in [2.24, 2.45) is 5.73 Å². The molecular weight excluding hydrogens is 248 g/mol. The monoisotopic (exact) mass is 274 g/mol. The Morgan fingerprint density at radius 3 is 2.05 bits per heavy atom. The van der Waals surface area contributed by atoms with E-state index in [4.69, 9.17) is 15.7 Å². The second-order valence-electron chi connectivity index (χ2n) is 6.41. The van der Waals surface area contributed by atoms with Crippen LogP contribution in [-0.4, -0.2) is 29.1 Å². The lowest BCUT2D eigenvalue weighted by atomic mass is 10.0. The molecule has 0 spiro atoms. The molecule has 1 aliphatic carbocycles. The molecule has 1 aliphatic heterocycles. The molecule has 2 fully saturated rings. The summed E-state index contributed by atoms with van der Waals surface area (Å²) in [7, 11) is 0. The fourth-order valence-corrected chi connectivity index (χ4v) is 3.68. The molecular formula is C16H26N4. The summed E-state index contributed by atoms with van der Waals surface area (Å²) in [6.45, 7) is 6.35. The number of aryl methyl sites for hydroxylation is 2. The zero-order valence-electron chi connectivity index (χ0n) is 12.7. The van der Waals surface area contributed by atoms with Gasteiger partial charge in [-0.2, -0.15) is 0 Å². The van der Waals surface area contributed by atoms with Crippen LogP contribution in [-0.2, 0) is 0 Å². The zero-order valence-corrected chi connectivity index (χ0v) is 12.7. The Morgan fingerprint density at radius 2 is 1.50 bits per heavy atom. The number of hydrogen-bond donors (Lipinski definition) is 1. The highest BCUT2D eigenvalue weighted by atomic mass is 15.2. The summed E-state index contributed by atoms with van der Waals surface area (Å²) in [6.07, 6.45) is 7.33. The number of aromatic nitrogens is 2. The second-order valence-corrected chi connectivity index (χ2v) is 6.41. The maximum absolute atomic E-state index is 6.00. The van der Waals surface area contributed by atoms with Crippen molar-refractivity contribution in [3.05, 3.63) is 17.2 Å². The topological polar surface area (TPSA) is 55.0 Å². The Morgan fingerprint density at radius 1 is 0.950 bits per heavy atom. The van der Waals surface area contributed by atoms with E-state index in [0.717, 1.165) is 43.1 Å². The summed E-state index contributed by atoms with van der Waals surface area (Å²) < 4.78 is 0. The van der Waals surface area contributed by atoms with Gasteiger partial charge in [-0.15, -0.1) is 0 Å². The first kappa shape index (κ1) is 13.8. The number of nitrogens with two attached hydrogens (primary N) is 1. The molecule has 1 saturated carbocycles. The summed E-state index contributed by atoms with van der Waals surface area (Å²) in [5.41, 5.74) is 9.54. The van der Waals surface area contributed by atoms with E-state index in [1.165, 1.54) is 31.4 Å². The molecule has 0 atom stereocenters. The molecule has 1 aromatic rings. The van der Waals surface area contributed by atoms with Crippen LogP contribution in [0.1, 0.15) is 61.7 Å². The first-order chi connectivity index (χ1) is 9.65. The minimum Gasteiger partial charge on any atom is -0.368 e. The van der Waals surface area contributed by atoms with Crippen molar-refractivity contribution in [3.63, 3.8) is 0 Å². The van der Waals surface area contributed by atoms with Crippen LogP contribution in [0.25, 0.3) is 0 Å². The van der Waals surface area contributed by atoms with Crippen LogP contribution in [0, 0.1) is 13.8 Å². The summed E-state index contributed by atoms with van der Waals surface area (Å²) in [4.78, 5) is 12.1. The lowest BCUT2D eigenvalue weighted by Crippen LogP contribution is -2.40. The molecule has 1 saturated heterocycles. The first-order valence-electron chi connectivity index (χ1n) is 8.01.